The first kappa shape index (κ1) is 12.2. The first-order chi connectivity index (χ1) is 9.24. The number of pyridine rings is 1. The predicted molar refractivity (Wildman–Crippen MR) is 76.6 cm³/mol. The molecule has 0 aliphatic carbocycles. The van der Waals surface area contributed by atoms with Crippen molar-refractivity contribution in [2.24, 2.45) is 0 Å². The molecule has 3 aromatic rings. The molecule has 0 amide bonds. The normalized spacial score (nSPS) is 10.8. The molecule has 0 unspecified atom stereocenters. The Balaban J connectivity index is 2.02. The Morgan fingerprint density at radius 2 is 2.16 bits per heavy atom. The van der Waals surface area contributed by atoms with Gasteiger partial charge < -0.3 is 0 Å². The molecule has 96 valence electrons. The molecular weight excluding hydrogens is 278 g/mol. The maximum Gasteiger partial charge on any atom is 0.195 e. The molecule has 7 heteroatoms. The molecule has 0 atom stereocenters. The fourth-order valence-corrected chi connectivity index (χ4v) is 2.80. The summed E-state index contributed by atoms with van der Waals surface area (Å²) in [7, 11) is 0. The molecule has 0 saturated heterocycles. The van der Waals surface area contributed by atoms with Crippen LogP contribution < -0.4 is 0 Å². The minimum Gasteiger partial charge on any atom is -0.295 e. The zero-order valence-corrected chi connectivity index (χ0v) is 11.8. The average Bonchev–Trinajstić information content (AvgIpc) is 2.99. The van der Waals surface area contributed by atoms with Crippen molar-refractivity contribution < 1.29 is 0 Å². The standard InChI is InChI=1S/C12H11N5S2/c1-8-14-6-10(19-8)7-17-11(15-16-12(17)18)9-2-4-13-5-3-9/h2-6H,7H2,1H3,(H,16,18). The van der Waals surface area contributed by atoms with Gasteiger partial charge in [0.2, 0.25) is 0 Å². The molecule has 1 N–H and O–H groups in total. The molecule has 0 radical (unpaired) electrons. The van der Waals surface area contributed by atoms with E-state index in [2.05, 4.69) is 20.2 Å². The van der Waals surface area contributed by atoms with Gasteiger partial charge in [-0.2, -0.15) is 5.10 Å². The highest BCUT2D eigenvalue weighted by molar-refractivity contribution is 7.71. The Morgan fingerprint density at radius 3 is 2.84 bits per heavy atom. The van der Waals surface area contributed by atoms with Crippen LogP contribution in [-0.2, 0) is 6.54 Å². The van der Waals surface area contributed by atoms with Gasteiger partial charge in [-0.3, -0.25) is 14.6 Å². The van der Waals surface area contributed by atoms with Gasteiger partial charge >= 0.3 is 0 Å². The van der Waals surface area contributed by atoms with Crippen LogP contribution in [0.15, 0.2) is 30.7 Å². The Hall–Kier alpha value is -1.86. The lowest BCUT2D eigenvalue weighted by atomic mass is 10.2. The zero-order chi connectivity index (χ0) is 13.2. The minimum absolute atomic E-state index is 0.609. The Kier molecular flexibility index (Phi) is 3.22. The van der Waals surface area contributed by atoms with Crippen molar-refractivity contribution >= 4 is 23.6 Å². The third-order valence-corrected chi connectivity index (χ3v) is 3.89. The van der Waals surface area contributed by atoms with Crippen LogP contribution >= 0.6 is 23.6 Å². The van der Waals surface area contributed by atoms with E-state index in [4.69, 9.17) is 12.2 Å². The van der Waals surface area contributed by atoms with Crippen molar-refractivity contribution in [1.82, 2.24) is 24.7 Å². The molecule has 0 fully saturated rings. The molecule has 5 nitrogen and oxygen atoms in total. The lowest BCUT2D eigenvalue weighted by Crippen LogP contribution is -2.01. The molecule has 3 aromatic heterocycles. The first-order valence-electron chi connectivity index (χ1n) is 5.71. The summed E-state index contributed by atoms with van der Waals surface area (Å²) in [4.78, 5) is 9.43. The lowest BCUT2D eigenvalue weighted by molar-refractivity contribution is 0.800. The largest absolute Gasteiger partial charge is 0.295 e. The summed E-state index contributed by atoms with van der Waals surface area (Å²) in [5.74, 6) is 0.818. The second kappa shape index (κ2) is 5.02. The van der Waals surface area contributed by atoms with Gasteiger partial charge in [0.1, 0.15) is 0 Å². The van der Waals surface area contributed by atoms with Gasteiger partial charge in [0.05, 0.1) is 11.6 Å². The van der Waals surface area contributed by atoms with Gasteiger partial charge in [0.15, 0.2) is 10.6 Å². The zero-order valence-electron chi connectivity index (χ0n) is 10.2. The van der Waals surface area contributed by atoms with Gasteiger partial charge in [0, 0.05) is 29.0 Å². The molecule has 0 bridgehead atoms. The summed E-state index contributed by atoms with van der Waals surface area (Å²) in [5.41, 5.74) is 0.989. The summed E-state index contributed by atoms with van der Waals surface area (Å²) in [6.07, 6.45) is 5.37. The van der Waals surface area contributed by atoms with Crippen LogP contribution in [0.1, 0.15) is 9.88 Å². The highest BCUT2D eigenvalue weighted by Gasteiger charge is 2.10. The van der Waals surface area contributed by atoms with E-state index in [0.717, 1.165) is 21.3 Å². The van der Waals surface area contributed by atoms with Gasteiger partial charge in [-0.25, -0.2) is 4.98 Å². The molecular formula is C12H11N5S2. The highest BCUT2D eigenvalue weighted by atomic mass is 32.1. The third kappa shape index (κ3) is 2.47. The van der Waals surface area contributed by atoms with Crippen molar-refractivity contribution in [3.05, 3.63) is 45.4 Å². The molecule has 0 aliphatic heterocycles. The quantitative estimate of drug-likeness (QED) is 0.753. The van der Waals surface area contributed by atoms with Crippen molar-refractivity contribution in [2.75, 3.05) is 0 Å². The number of nitrogens with zero attached hydrogens (tertiary/aromatic N) is 4. The van der Waals surface area contributed by atoms with Crippen LogP contribution in [0.3, 0.4) is 0 Å². The van der Waals surface area contributed by atoms with E-state index in [9.17, 15) is 0 Å². The minimum atomic E-state index is 0.609. The Morgan fingerprint density at radius 1 is 1.37 bits per heavy atom. The van der Waals surface area contributed by atoms with Gasteiger partial charge in [-0.05, 0) is 31.3 Å². The molecule has 0 aliphatic rings. The van der Waals surface area contributed by atoms with Crippen LogP contribution in [0.2, 0.25) is 0 Å². The molecule has 19 heavy (non-hydrogen) atoms. The van der Waals surface area contributed by atoms with Gasteiger partial charge in [0.25, 0.3) is 0 Å². The fourth-order valence-electron chi connectivity index (χ4n) is 1.82. The van der Waals surface area contributed by atoms with E-state index < -0.39 is 0 Å². The summed E-state index contributed by atoms with van der Waals surface area (Å²) < 4.78 is 2.58. The monoisotopic (exact) mass is 289 g/mol. The summed E-state index contributed by atoms with van der Waals surface area (Å²) in [6.45, 7) is 2.67. The number of thiazole rings is 1. The van der Waals surface area contributed by atoms with E-state index in [1.54, 1.807) is 23.7 Å². The maximum absolute atomic E-state index is 5.29. The third-order valence-electron chi connectivity index (χ3n) is 2.68. The number of aryl methyl sites for hydroxylation is 1. The second-order valence-electron chi connectivity index (χ2n) is 4.02. The van der Waals surface area contributed by atoms with Crippen molar-refractivity contribution in [3.8, 4) is 11.4 Å². The topological polar surface area (TPSA) is 59.4 Å². The van der Waals surface area contributed by atoms with Crippen molar-refractivity contribution in [1.29, 1.82) is 0 Å². The number of aromatic nitrogens is 5. The van der Waals surface area contributed by atoms with E-state index in [1.165, 1.54) is 0 Å². The second-order valence-corrected chi connectivity index (χ2v) is 5.73. The van der Waals surface area contributed by atoms with Gasteiger partial charge in [-0.1, -0.05) is 0 Å². The smallest absolute Gasteiger partial charge is 0.195 e. The average molecular weight is 289 g/mol. The van der Waals surface area contributed by atoms with E-state index in [1.807, 2.05) is 29.8 Å². The number of hydrogen-bond acceptors (Lipinski definition) is 5. The van der Waals surface area contributed by atoms with E-state index in [0.29, 0.717) is 11.3 Å². The Bertz CT molecular complexity index is 741. The Labute approximate surface area is 119 Å². The molecule has 3 rings (SSSR count). The fraction of sp³-hybridized carbons (Fsp3) is 0.167. The number of H-pyrrole nitrogens is 1. The summed E-state index contributed by atoms with van der Waals surface area (Å²) in [5, 5.41) is 8.18. The van der Waals surface area contributed by atoms with Crippen LogP contribution in [0.25, 0.3) is 11.4 Å². The molecule has 0 saturated carbocycles. The number of hydrogen-bond donors (Lipinski definition) is 1. The molecule has 3 heterocycles. The van der Waals surface area contributed by atoms with Crippen LogP contribution in [0.4, 0.5) is 0 Å². The summed E-state index contributed by atoms with van der Waals surface area (Å²) in [6, 6.07) is 3.83. The van der Waals surface area contributed by atoms with Gasteiger partial charge in [-0.15, -0.1) is 11.3 Å². The van der Waals surface area contributed by atoms with E-state index in [-0.39, 0.29) is 0 Å². The SMILES string of the molecule is Cc1ncc(Cn2c(-c3ccncc3)n[nH]c2=S)s1. The van der Waals surface area contributed by atoms with Crippen LogP contribution in [-0.4, -0.2) is 24.7 Å². The van der Waals surface area contributed by atoms with Crippen molar-refractivity contribution in [3.63, 3.8) is 0 Å². The summed E-state index contributed by atoms with van der Waals surface area (Å²) >= 11 is 6.96. The number of nitrogens with one attached hydrogen (secondary N) is 1. The van der Waals surface area contributed by atoms with Crippen molar-refractivity contribution in [2.45, 2.75) is 13.5 Å². The van der Waals surface area contributed by atoms with Crippen LogP contribution in [0.5, 0.6) is 0 Å². The number of rotatable bonds is 3. The maximum atomic E-state index is 5.29. The van der Waals surface area contributed by atoms with E-state index >= 15 is 0 Å². The molecule has 0 aromatic carbocycles. The van der Waals surface area contributed by atoms with Crippen LogP contribution in [0, 0.1) is 11.7 Å². The lowest BCUT2D eigenvalue weighted by Gasteiger charge is -2.04. The highest BCUT2D eigenvalue weighted by Crippen LogP contribution is 2.19. The molecule has 0 spiro atoms. The first-order valence-corrected chi connectivity index (χ1v) is 6.93. The number of aromatic amines is 1. The predicted octanol–water partition coefficient (Wildman–Crippen LogP) is 2.82.